The molecular weight excluding hydrogens is 496 g/mol. The number of unbranched alkanes of at least 4 members (excludes halogenated alkanes) is 8. The Labute approximate surface area is 235 Å². The standard InChI is InChI=1S/C30H54N4O5/c35-26-23-27(39-30-19-11-14-22-38-30)25(24(26)15-7-4-5-9-17-28-31-33-34-32-28)16-8-3-1-2-6-12-20-36-29-18-10-13-21-37-29/h24-27,29-30,35H,1-23H2,(H,31,32,33,34)/t24-,25+,26+,27-,29?,30?/m0/s1. The van der Waals surface area contributed by atoms with E-state index in [9.17, 15) is 5.11 Å². The lowest BCUT2D eigenvalue weighted by Gasteiger charge is -2.30. The lowest BCUT2D eigenvalue weighted by atomic mass is 9.84. The van der Waals surface area contributed by atoms with Crippen LogP contribution in [-0.2, 0) is 25.4 Å². The third-order valence-corrected chi connectivity index (χ3v) is 8.91. The number of H-pyrrole nitrogens is 1. The highest BCUT2D eigenvalue weighted by atomic mass is 16.7. The fourth-order valence-electron chi connectivity index (χ4n) is 6.68. The van der Waals surface area contributed by atoms with E-state index in [2.05, 4.69) is 20.6 Å². The van der Waals surface area contributed by atoms with Crippen LogP contribution in [0.4, 0.5) is 0 Å². The summed E-state index contributed by atoms with van der Waals surface area (Å²) in [5.41, 5.74) is 0. The number of aliphatic hydroxyl groups is 1. The van der Waals surface area contributed by atoms with Crippen LogP contribution in [0.25, 0.3) is 0 Å². The highest BCUT2D eigenvalue weighted by Crippen LogP contribution is 2.42. The predicted octanol–water partition coefficient (Wildman–Crippen LogP) is 5.88. The highest BCUT2D eigenvalue weighted by Gasteiger charge is 2.43. The first kappa shape index (κ1) is 30.8. The lowest BCUT2D eigenvalue weighted by Crippen LogP contribution is -2.31. The molecule has 9 nitrogen and oxygen atoms in total. The van der Waals surface area contributed by atoms with Crippen molar-refractivity contribution in [1.82, 2.24) is 20.6 Å². The second-order valence-electron chi connectivity index (χ2n) is 12.0. The van der Waals surface area contributed by atoms with E-state index < -0.39 is 0 Å². The molecule has 1 saturated carbocycles. The van der Waals surface area contributed by atoms with Crippen molar-refractivity contribution in [1.29, 1.82) is 0 Å². The Morgan fingerprint density at radius 2 is 1.44 bits per heavy atom. The Hall–Kier alpha value is -1.13. The summed E-state index contributed by atoms with van der Waals surface area (Å²) in [6, 6.07) is 0. The number of tetrazole rings is 1. The van der Waals surface area contributed by atoms with Gasteiger partial charge in [0.05, 0.1) is 12.2 Å². The number of ether oxygens (including phenoxy) is 4. The summed E-state index contributed by atoms with van der Waals surface area (Å²) in [7, 11) is 0. The van der Waals surface area contributed by atoms with Gasteiger partial charge in [0.15, 0.2) is 18.4 Å². The first-order chi connectivity index (χ1) is 19.3. The van der Waals surface area contributed by atoms with Gasteiger partial charge in [0.25, 0.3) is 0 Å². The van der Waals surface area contributed by atoms with Crippen LogP contribution < -0.4 is 0 Å². The largest absolute Gasteiger partial charge is 0.393 e. The molecule has 6 atom stereocenters. The van der Waals surface area contributed by atoms with Crippen molar-refractivity contribution in [2.45, 2.75) is 153 Å². The molecule has 2 N–H and O–H groups in total. The van der Waals surface area contributed by atoms with Gasteiger partial charge >= 0.3 is 0 Å². The number of aliphatic hydroxyl groups excluding tert-OH is 1. The van der Waals surface area contributed by atoms with E-state index in [-0.39, 0.29) is 24.8 Å². The zero-order chi connectivity index (χ0) is 27.0. The zero-order valence-corrected chi connectivity index (χ0v) is 24.1. The predicted molar refractivity (Wildman–Crippen MR) is 149 cm³/mol. The van der Waals surface area contributed by atoms with E-state index in [1.807, 2.05) is 0 Å². The van der Waals surface area contributed by atoms with Gasteiger partial charge in [-0.1, -0.05) is 56.6 Å². The van der Waals surface area contributed by atoms with E-state index in [0.29, 0.717) is 11.8 Å². The summed E-state index contributed by atoms with van der Waals surface area (Å²) in [4.78, 5) is 0. The third kappa shape index (κ3) is 11.3. The van der Waals surface area contributed by atoms with Gasteiger partial charge in [0.2, 0.25) is 0 Å². The molecule has 0 spiro atoms. The monoisotopic (exact) mass is 550 g/mol. The third-order valence-electron chi connectivity index (χ3n) is 8.91. The first-order valence-electron chi connectivity index (χ1n) is 16.2. The molecule has 224 valence electrons. The molecule has 3 heterocycles. The van der Waals surface area contributed by atoms with Gasteiger partial charge in [-0.3, -0.25) is 0 Å². The van der Waals surface area contributed by atoms with Crippen molar-refractivity contribution in [3.05, 3.63) is 5.82 Å². The number of aromatic amines is 1. The average molecular weight is 551 g/mol. The normalized spacial score (nSPS) is 29.7. The molecular formula is C30H54N4O5. The molecule has 0 amide bonds. The van der Waals surface area contributed by atoms with E-state index >= 15 is 0 Å². The number of nitrogens with one attached hydrogen (secondary N) is 1. The average Bonchev–Trinajstić information content (AvgIpc) is 3.58. The Balaban J connectivity index is 1.11. The molecule has 1 aromatic rings. The smallest absolute Gasteiger partial charge is 0.174 e. The summed E-state index contributed by atoms with van der Waals surface area (Å²) in [5, 5.41) is 25.3. The van der Waals surface area contributed by atoms with Crippen molar-refractivity contribution < 1.29 is 24.1 Å². The number of hydrogen-bond acceptors (Lipinski definition) is 8. The van der Waals surface area contributed by atoms with Gasteiger partial charge in [0, 0.05) is 32.7 Å². The molecule has 0 bridgehead atoms. The van der Waals surface area contributed by atoms with Crippen molar-refractivity contribution in [2.75, 3.05) is 19.8 Å². The summed E-state index contributed by atoms with van der Waals surface area (Å²) < 4.78 is 23.9. The van der Waals surface area contributed by atoms with E-state index in [1.54, 1.807) is 0 Å². The van der Waals surface area contributed by atoms with Crippen molar-refractivity contribution in [2.24, 2.45) is 11.8 Å². The minimum absolute atomic E-state index is 0.0411. The number of nitrogens with zero attached hydrogens (tertiary/aromatic N) is 3. The van der Waals surface area contributed by atoms with Gasteiger partial charge in [-0.15, -0.1) is 10.2 Å². The molecule has 2 saturated heterocycles. The van der Waals surface area contributed by atoms with Crippen LogP contribution in [0.1, 0.15) is 128 Å². The molecule has 1 aromatic heterocycles. The molecule has 3 aliphatic rings. The second kappa shape index (κ2) is 18.3. The molecule has 0 aromatic carbocycles. The number of aromatic nitrogens is 4. The minimum Gasteiger partial charge on any atom is -0.393 e. The van der Waals surface area contributed by atoms with Crippen LogP contribution >= 0.6 is 0 Å². The van der Waals surface area contributed by atoms with E-state index in [1.165, 1.54) is 57.8 Å². The molecule has 4 rings (SSSR count). The van der Waals surface area contributed by atoms with Crippen LogP contribution in [0.2, 0.25) is 0 Å². The Morgan fingerprint density at radius 3 is 2.13 bits per heavy atom. The number of rotatable bonds is 19. The van der Waals surface area contributed by atoms with Gasteiger partial charge in [-0.25, -0.2) is 0 Å². The summed E-state index contributed by atoms with van der Waals surface area (Å²) in [5.74, 6) is 1.58. The quantitative estimate of drug-likeness (QED) is 0.206. The maximum atomic E-state index is 11.0. The van der Waals surface area contributed by atoms with Crippen LogP contribution in [0, 0.1) is 11.8 Å². The first-order valence-corrected chi connectivity index (χ1v) is 16.2. The maximum absolute atomic E-state index is 11.0. The topological polar surface area (TPSA) is 112 Å². The van der Waals surface area contributed by atoms with Crippen molar-refractivity contribution in [3.8, 4) is 0 Å². The fraction of sp³-hybridized carbons (Fsp3) is 0.967. The van der Waals surface area contributed by atoms with Crippen LogP contribution in [0.15, 0.2) is 0 Å². The van der Waals surface area contributed by atoms with Crippen LogP contribution in [0.5, 0.6) is 0 Å². The Bertz CT molecular complexity index is 727. The SMILES string of the molecule is O[C@@H]1C[C@H](OC2CCCCO2)[C@H](CCCCCCCCOC2CCCCO2)[C@@H]1CCCCCCc1nn[nH]n1. The Kier molecular flexibility index (Phi) is 14.5. The number of hydrogen-bond donors (Lipinski definition) is 2. The Morgan fingerprint density at radius 1 is 0.769 bits per heavy atom. The van der Waals surface area contributed by atoms with Crippen molar-refractivity contribution >= 4 is 0 Å². The molecule has 2 aliphatic heterocycles. The van der Waals surface area contributed by atoms with Crippen LogP contribution in [-0.4, -0.2) is 70.3 Å². The van der Waals surface area contributed by atoms with Crippen molar-refractivity contribution in [3.63, 3.8) is 0 Å². The van der Waals surface area contributed by atoms with E-state index in [4.69, 9.17) is 18.9 Å². The lowest BCUT2D eigenvalue weighted by molar-refractivity contribution is -0.196. The van der Waals surface area contributed by atoms with Gasteiger partial charge in [-0.05, 0) is 76.0 Å². The minimum atomic E-state index is -0.254. The van der Waals surface area contributed by atoms with E-state index in [0.717, 1.165) is 96.3 Å². The molecule has 0 radical (unpaired) electrons. The molecule has 9 heteroatoms. The summed E-state index contributed by atoms with van der Waals surface area (Å²) >= 11 is 0. The number of aryl methyl sites for hydroxylation is 1. The van der Waals surface area contributed by atoms with Gasteiger partial charge < -0.3 is 24.1 Å². The second-order valence-corrected chi connectivity index (χ2v) is 12.0. The van der Waals surface area contributed by atoms with Gasteiger partial charge in [0.1, 0.15) is 0 Å². The fourth-order valence-corrected chi connectivity index (χ4v) is 6.68. The molecule has 2 unspecified atom stereocenters. The maximum Gasteiger partial charge on any atom is 0.174 e. The molecule has 39 heavy (non-hydrogen) atoms. The molecule has 1 aliphatic carbocycles. The zero-order valence-electron chi connectivity index (χ0n) is 24.1. The molecule has 3 fully saturated rings. The van der Waals surface area contributed by atoms with Crippen LogP contribution in [0.3, 0.4) is 0 Å². The van der Waals surface area contributed by atoms with Gasteiger partial charge in [-0.2, -0.15) is 5.21 Å². The highest BCUT2D eigenvalue weighted by molar-refractivity contribution is 4.92. The summed E-state index contributed by atoms with van der Waals surface area (Å²) in [6.07, 6.45) is 22.4. The summed E-state index contributed by atoms with van der Waals surface area (Å²) in [6.45, 7) is 2.48.